The Morgan fingerprint density at radius 2 is 2.10 bits per heavy atom. The van der Waals surface area contributed by atoms with Crippen molar-refractivity contribution in [1.82, 2.24) is 10.2 Å². The minimum atomic E-state index is -1.10. The minimum absolute atomic E-state index is 0.392. The van der Waals surface area contributed by atoms with Gasteiger partial charge in [0.2, 0.25) is 5.91 Å². The lowest BCUT2D eigenvalue weighted by molar-refractivity contribution is -0.159. The Bertz CT molecular complexity index is 513. The van der Waals surface area contributed by atoms with E-state index in [0.29, 0.717) is 11.3 Å². The highest BCUT2D eigenvalue weighted by Gasteiger charge is 2.56. The normalized spacial score (nSPS) is 28.5. The molecule has 116 valence electrons. The predicted octanol–water partition coefficient (Wildman–Crippen LogP) is 0.804. The van der Waals surface area contributed by atoms with Crippen LogP contribution in [-0.4, -0.2) is 56.8 Å². The Morgan fingerprint density at radius 1 is 1.48 bits per heavy atom. The van der Waals surface area contributed by atoms with Crippen molar-refractivity contribution in [1.29, 1.82) is 0 Å². The monoisotopic (exact) mass is 314 g/mol. The van der Waals surface area contributed by atoms with E-state index in [0.717, 1.165) is 0 Å². The molecule has 1 unspecified atom stereocenters. The third kappa shape index (κ3) is 2.99. The van der Waals surface area contributed by atoms with Crippen LogP contribution in [0.2, 0.25) is 0 Å². The van der Waals surface area contributed by atoms with Gasteiger partial charge in [-0.05, 0) is 26.3 Å². The molecule has 2 heterocycles. The van der Waals surface area contributed by atoms with E-state index in [1.807, 2.05) is 0 Å². The molecule has 0 bridgehead atoms. The summed E-state index contributed by atoms with van der Waals surface area (Å²) < 4.78 is 5.10. The smallest absolute Gasteiger partial charge is 0.408 e. The van der Waals surface area contributed by atoms with Gasteiger partial charge in [-0.25, -0.2) is 9.59 Å². The summed E-state index contributed by atoms with van der Waals surface area (Å²) in [7, 11) is 0. The first kappa shape index (κ1) is 15.7. The van der Waals surface area contributed by atoms with Crippen LogP contribution in [0.1, 0.15) is 20.8 Å². The number of rotatable bonds is 2. The summed E-state index contributed by atoms with van der Waals surface area (Å²) in [5.74, 6) is -1.08. The molecule has 0 saturated carbocycles. The van der Waals surface area contributed by atoms with Gasteiger partial charge in [0.15, 0.2) is 6.04 Å². The zero-order valence-electron chi connectivity index (χ0n) is 12.1. The number of carboxylic acid groups (broad SMARTS) is 1. The van der Waals surface area contributed by atoms with Gasteiger partial charge in [0.1, 0.15) is 17.0 Å². The van der Waals surface area contributed by atoms with Crippen molar-refractivity contribution in [2.24, 2.45) is 0 Å². The van der Waals surface area contributed by atoms with E-state index < -0.39 is 41.0 Å². The topological polar surface area (TPSA) is 95.9 Å². The Morgan fingerprint density at radius 3 is 2.62 bits per heavy atom. The summed E-state index contributed by atoms with van der Waals surface area (Å²) in [5.41, 5.74) is -0.179. The van der Waals surface area contributed by atoms with Crippen molar-refractivity contribution in [2.45, 2.75) is 43.8 Å². The Kier molecular flexibility index (Phi) is 3.92. The molecule has 2 fully saturated rings. The largest absolute Gasteiger partial charge is 0.479 e. The predicted molar refractivity (Wildman–Crippen MR) is 76.8 cm³/mol. The number of hydrogen-bond donors (Lipinski definition) is 2. The van der Waals surface area contributed by atoms with Gasteiger partial charge in [0.25, 0.3) is 0 Å². The fraction of sp³-hybridized carbons (Fsp3) is 0.615. The lowest BCUT2D eigenvalue weighted by Crippen LogP contribution is -2.74. The van der Waals surface area contributed by atoms with Gasteiger partial charge in [0.05, 0.1) is 0 Å². The summed E-state index contributed by atoms with van der Waals surface area (Å²) in [4.78, 5) is 36.3. The number of carbonyl (C=O) groups excluding carboxylic acids is 2. The van der Waals surface area contributed by atoms with Gasteiger partial charge < -0.3 is 20.1 Å². The van der Waals surface area contributed by atoms with Gasteiger partial charge in [-0.1, -0.05) is 6.58 Å². The third-order valence-electron chi connectivity index (χ3n) is 3.09. The molecule has 2 aliphatic heterocycles. The van der Waals surface area contributed by atoms with Crippen LogP contribution in [0.3, 0.4) is 0 Å². The van der Waals surface area contributed by atoms with Gasteiger partial charge in [-0.3, -0.25) is 4.79 Å². The van der Waals surface area contributed by atoms with E-state index in [4.69, 9.17) is 4.74 Å². The maximum Gasteiger partial charge on any atom is 0.408 e. The zero-order valence-corrected chi connectivity index (χ0v) is 12.9. The number of aliphatic carboxylic acids is 1. The highest BCUT2D eigenvalue weighted by Crippen LogP contribution is 2.39. The highest BCUT2D eigenvalue weighted by molar-refractivity contribution is 8.00. The second-order valence-corrected chi connectivity index (χ2v) is 7.07. The van der Waals surface area contributed by atoms with Crippen molar-refractivity contribution < 1.29 is 24.2 Å². The molecule has 2 rings (SSSR count). The van der Waals surface area contributed by atoms with E-state index in [9.17, 15) is 19.5 Å². The molecule has 2 saturated heterocycles. The first-order valence-electron chi connectivity index (χ1n) is 6.45. The molecular weight excluding hydrogens is 296 g/mol. The average molecular weight is 314 g/mol. The van der Waals surface area contributed by atoms with Crippen LogP contribution < -0.4 is 5.32 Å². The molecule has 0 aromatic carbocycles. The van der Waals surface area contributed by atoms with Crippen molar-refractivity contribution in [3.05, 3.63) is 12.2 Å². The van der Waals surface area contributed by atoms with Gasteiger partial charge in [0, 0.05) is 5.75 Å². The maximum absolute atomic E-state index is 12.1. The number of carbonyl (C=O) groups is 3. The summed E-state index contributed by atoms with van der Waals surface area (Å²) in [6.45, 7) is 8.87. The highest BCUT2D eigenvalue weighted by atomic mass is 32.2. The first-order valence-corrected chi connectivity index (χ1v) is 7.50. The van der Waals surface area contributed by atoms with Gasteiger partial charge >= 0.3 is 12.1 Å². The number of nitrogens with zero attached hydrogens (tertiary/aromatic N) is 1. The molecule has 2 amide bonds. The van der Waals surface area contributed by atoms with Crippen LogP contribution in [0.5, 0.6) is 0 Å². The lowest BCUT2D eigenvalue weighted by Gasteiger charge is -2.52. The minimum Gasteiger partial charge on any atom is -0.479 e. The maximum atomic E-state index is 12.1. The third-order valence-corrected chi connectivity index (χ3v) is 4.47. The number of carboxylic acids is 1. The number of amides is 2. The fourth-order valence-electron chi connectivity index (χ4n) is 2.27. The Balaban J connectivity index is 2.04. The van der Waals surface area contributed by atoms with Crippen LogP contribution in [-0.2, 0) is 14.3 Å². The fourth-order valence-corrected chi connectivity index (χ4v) is 3.57. The molecule has 0 radical (unpaired) electrons. The van der Waals surface area contributed by atoms with Crippen LogP contribution in [0, 0.1) is 0 Å². The van der Waals surface area contributed by atoms with Crippen molar-refractivity contribution >= 4 is 29.7 Å². The molecule has 2 N–H and O–H groups in total. The second-order valence-electron chi connectivity index (χ2n) is 5.97. The van der Waals surface area contributed by atoms with E-state index in [2.05, 4.69) is 11.9 Å². The number of fused-ring (bicyclic) bond motifs is 1. The molecule has 0 aliphatic carbocycles. The van der Waals surface area contributed by atoms with E-state index in [1.165, 1.54) is 16.7 Å². The number of ether oxygens (including phenoxy) is 1. The molecule has 0 aromatic rings. The Labute approximate surface area is 126 Å². The number of β-lactam (4-membered cyclic amide) rings is 1. The number of alkyl carbamates (subject to hydrolysis) is 1. The number of nitrogens with one attached hydrogen (secondary N) is 1. The summed E-state index contributed by atoms with van der Waals surface area (Å²) >= 11 is 1.39. The van der Waals surface area contributed by atoms with E-state index >= 15 is 0 Å². The second kappa shape index (κ2) is 5.25. The molecule has 0 spiro atoms. The van der Waals surface area contributed by atoms with Crippen molar-refractivity contribution in [3.8, 4) is 0 Å². The van der Waals surface area contributed by atoms with Crippen molar-refractivity contribution in [2.75, 3.05) is 5.75 Å². The quantitative estimate of drug-likeness (QED) is 0.578. The summed E-state index contributed by atoms with van der Waals surface area (Å²) in [5, 5.41) is 11.3. The van der Waals surface area contributed by atoms with Crippen molar-refractivity contribution in [3.63, 3.8) is 0 Å². The molecular formula is C13H18N2O5S. The number of thioether (sulfide) groups is 1. The first-order chi connectivity index (χ1) is 9.61. The van der Waals surface area contributed by atoms with Crippen LogP contribution in [0.4, 0.5) is 4.79 Å². The van der Waals surface area contributed by atoms with Gasteiger partial charge in [-0.2, -0.15) is 0 Å². The molecule has 3 atom stereocenters. The molecule has 0 aromatic heterocycles. The van der Waals surface area contributed by atoms with Crippen LogP contribution in [0.25, 0.3) is 0 Å². The van der Waals surface area contributed by atoms with E-state index in [1.54, 1.807) is 20.8 Å². The number of hydrogen-bond acceptors (Lipinski definition) is 5. The van der Waals surface area contributed by atoms with Crippen LogP contribution in [0.15, 0.2) is 12.2 Å². The molecule has 8 heteroatoms. The summed E-state index contributed by atoms with van der Waals surface area (Å²) in [6.07, 6.45) is -0.683. The SMILES string of the molecule is C=C1CS[C@H]2[C@H](NC(=O)OC(C)(C)C)C(=O)N2C1C(=O)O. The molecule has 7 nitrogen and oxygen atoms in total. The Hall–Kier alpha value is -1.70. The van der Waals surface area contributed by atoms with E-state index in [-0.39, 0.29) is 0 Å². The molecule has 21 heavy (non-hydrogen) atoms. The molecule has 2 aliphatic rings. The lowest BCUT2D eigenvalue weighted by atomic mass is 9.99. The van der Waals surface area contributed by atoms with Gasteiger partial charge in [-0.15, -0.1) is 11.8 Å². The average Bonchev–Trinajstić information content (AvgIpc) is 2.33. The summed E-state index contributed by atoms with van der Waals surface area (Å²) in [6, 6.07) is -1.76. The van der Waals surface area contributed by atoms with Crippen LogP contribution >= 0.6 is 11.8 Å². The zero-order chi connectivity index (χ0) is 15.9. The standard InChI is InChI=1S/C13H18N2O5S/c1-6-5-21-10-7(14-12(19)20-13(2,3)4)9(16)15(10)8(6)11(17)18/h7-8,10H,1,5H2,2-4H3,(H,14,19)(H,17,18)/t7-,8?,10+/m1/s1.